The van der Waals surface area contributed by atoms with Crippen LogP contribution in [-0.4, -0.2) is 28.1 Å². The van der Waals surface area contributed by atoms with Crippen LogP contribution in [0.2, 0.25) is 0 Å². The van der Waals surface area contributed by atoms with Gasteiger partial charge in [-0.2, -0.15) is 5.10 Å². The Morgan fingerprint density at radius 1 is 1.19 bits per heavy atom. The van der Waals surface area contributed by atoms with Crippen LogP contribution in [0.5, 0.6) is 0 Å². The molecule has 0 aliphatic carbocycles. The molecule has 2 amide bonds. The molecule has 0 saturated carbocycles. The monoisotopic (exact) mass is 368 g/mol. The Morgan fingerprint density at radius 2 is 1.92 bits per heavy atom. The van der Waals surface area contributed by atoms with Crippen molar-refractivity contribution in [2.45, 2.75) is 13.8 Å². The number of para-hydroxylation sites is 1. The van der Waals surface area contributed by atoms with Gasteiger partial charge in [0.05, 0.1) is 21.5 Å². The number of carbonyl (C=O) groups excluding carboxylic acids is 2. The summed E-state index contributed by atoms with van der Waals surface area (Å²) in [5.41, 5.74) is 6.48. The summed E-state index contributed by atoms with van der Waals surface area (Å²) < 4.78 is 1.68. The Balaban J connectivity index is 1.93. The number of rotatable bonds is 6. The van der Waals surface area contributed by atoms with E-state index in [-0.39, 0.29) is 12.5 Å². The number of thiophene rings is 1. The molecule has 7 heteroatoms. The molecule has 0 radical (unpaired) electrons. The summed E-state index contributed by atoms with van der Waals surface area (Å²) in [7, 11) is 0. The number of carbonyl (C=O) groups is 2. The van der Waals surface area contributed by atoms with E-state index in [1.807, 2.05) is 47.8 Å². The summed E-state index contributed by atoms with van der Waals surface area (Å²) in [5, 5.41) is 9.34. The van der Waals surface area contributed by atoms with E-state index in [1.165, 1.54) is 11.3 Å². The highest BCUT2D eigenvalue weighted by molar-refractivity contribution is 7.13. The largest absolute Gasteiger partial charge is 0.369 e. The Bertz CT molecular complexity index is 914. The first-order valence-corrected chi connectivity index (χ1v) is 9.03. The van der Waals surface area contributed by atoms with Crippen molar-refractivity contribution < 1.29 is 9.59 Å². The molecule has 0 aliphatic heterocycles. The molecule has 0 spiro atoms. The summed E-state index contributed by atoms with van der Waals surface area (Å²) in [6.45, 7) is 3.55. The molecule has 0 bridgehead atoms. The number of aromatic nitrogens is 2. The second kappa shape index (κ2) is 7.13. The van der Waals surface area contributed by atoms with Gasteiger partial charge in [-0.1, -0.05) is 24.3 Å². The van der Waals surface area contributed by atoms with Gasteiger partial charge >= 0.3 is 0 Å². The summed E-state index contributed by atoms with van der Waals surface area (Å²) >= 11 is 1.51. The standard InChI is InChI=1S/C19H20N4O2S/c1-19(2,18(20)25)12-21-17(24)14-11-23(13-7-4-3-5-8-13)22-16(14)15-9-6-10-26-15/h3-11H,12H2,1-2H3,(H2,20,25)(H,21,24). The molecule has 0 aliphatic rings. The van der Waals surface area contributed by atoms with E-state index < -0.39 is 11.3 Å². The second-order valence-electron chi connectivity index (χ2n) is 6.58. The van der Waals surface area contributed by atoms with Gasteiger partial charge in [0, 0.05) is 12.7 Å². The quantitative estimate of drug-likeness (QED) is 0.701. The van der Waals surface area contributed by atoms with Crippen molar-refractivity contribution in [3.63, 3.8) is 0 Å². The number of amides is 2. The van der Waals surface area contributed by atoms with Gasteiger partial charge in [0.25, 0.3) is 5.91 Å². The van der Waals surface area contributed by atoms with Crippen LogP contribution >= 0.6 is 11.3 Å². The number of hydrogen-bond acceptors (Lipinski definition) is 4. The summed E-state index contributed by atoms with van der Waals surface area (Å²) in [4.78, 5) is 25.1. The first-order valence-electron chi connectivity index (χ1n) is 8.15. The average Bonchev–Trinajstić information content (AvgIpc) is 3.29. The number of benzene rings is 1. The van der Waals surface area contributed by atoms with Crippen molar-refractivity contribution in [3.8, 4) is 16.3 Å². The van der Waals surface area contributed by atoms with Gasteiger partial charge in [-0.3, -0.25) is 9.59 Å². The van der Waals surface area contributed by atoms with E-state index in [4.69, 9.17) is 5.73 Å². The predicted molar refractivity (Wildman–Crippen MR) is 102 cm³/mol. The normalized spacial score (nSPS) is 11.3. The van der Waals surface area contributed by atoms with Crippen molar-refractivity contribution in [2.24, 2.45) is 11.1 Å². The summed E-state index contributed by atoms with van der Waals surface area (Å²) in [6.07, 6.45) is 1.71. The summed E-state index contributed by atoms with van der Waals surface area (Å²) in [6, 6.07) is 13.4. The van der Waals surface area contributed by atoms with Crippen LogP contribution in [0.4, 0.5) is 0 Å². The zero-order valence-corrected chi connectivity index (χ0v) is 15.4. The molecule has 3 N–H and O–H groups in total. The number of hydrogen-bond donors (Lipinski definition) is 2. The van der Waals surface area contributed by atoms with Gasteiger partial charge in [0.15, 0.2) is 0 Å². The zero-order chi connectivity index (χ0) is 18.7. The molecule has 134 valence electrons. The highest BCUT2D eigenvalue weighted by Crippen LogP contribution is 2.28. The van der Waals surface area contributed by atoms with Gasteiger partial charge in [-0.25, -0.2) is 4.68 Å². The second-order valence-corrected chi connectivity index (χ2v) is 7.53. The van der Waals surface area contributed by atoms with E-state index >= 15 is 0 Å². The van der Waals surface area contributed by atoms with Crippen LogP contribution in [0.1, 0.15) is 24.2 Å². The van der Waals surface area contributed by atoms with Crippen molar-refractivity contribution in [3.05, 3.63) is 59.6 Å². The molecule has 2 aromatic heterocycles. The van der Waals surface area contributed by atoms with Gasteiger partial charge in [0.2, 0.25) is 5.91 Å². The van der Waals surface area contributed by atoms with Crippen molar-refractivity contribution in [1.82, 2.24) is 15.1 Å². The van der Waals surface area contributed by atoms with E-state index in [1.54, 1.807) is 24.7 Å². The minimum absolute atomic E-state index is 0.154. The zero-order valence-electron chi connectivity index (χ0n) is 14.6. The van der Waals surface area contributed by atoms with Crippen LogP contribution in [-0.2, 0) is 4.79 Å². The number of nitrogens with two attached hydrogens (primary N) is 1. The fourth-order valence-corrected chi connectivity index (χ4v) is 3.06. The lowest BCUT2D eigenvalue weighted by atomic mass is 9.92. The smallest absolute Gasteiger partial charge is 0.255 e. The summed E-state index contributed by atoms with van der Waals surface area (Å²) in [5.74, 6) is -0.749. The molecular weight excluding hydrogens is 348 g/mol. The molecule has 26 heavy (non-hydrogen) atoms. The molecule has 3 rings (SSSR count). The third-order valence-corrected chi connectivity index (χ3v) is 4.97. The molecule has 6 nitrogen and oxygen atoms in total. The lowest BCUT2D eigenvalue weighted by Gasteiger charge is -2.20. The highest BCUT2D eigenvalue weighted by atomic mass is 32.1. The van der Waals surface area contributed by atoms with E-state index in [0.717, 1.165) is 10.6 Å². The number of nitrogens with one attached hydrogen (secondary N) is 1. The van der Waals surface area contributed by atoms with Crippen LogP contribution in [0.25, 0.3) is 16.3 Å². The Morgan fingerprint density at radius 3 is 2.54 bits per heavy atom. The highest BCUT2D eigenvalue weighted by Gasteiger charge is 2.27. The Kier molecular flexibility index (Phi) is 4.90. The molecule has 0 saturated heterocycles. The van der Waals surface area contributed by atoms with Crippen molar-refractivity contribution >= 4 is 23.2 Å². The molecule has 0 atom stereocenters. The van der Waals surface area contributed by atoms with E-state index in [0.29, 0.717) is 11.3 Å². The minimum atomic E-state index is -0.825. The Labute approximate surface area is 155 Å². The fourth-order valence-electron chi connectivity index (χ4n) is 2.33. The number of nitrogens with zero attached hydrogens (tertiary/aromatic N) is 2. The topological polar surface area (TPSA) is 90.0 Å². The maximum absolute atomic E-state index is 12.8. The van der Waals surface area contributed by atoms with Crippen LogP contribution < -0.4 is 11.1 Å². The third kappa shape index (κ3) is 3.67. The third-order valence-electron chi connectivity index (χ3n) is 4.09. The van der Waals surface area contributed by atoms with Gasteiger partial charge < -0.3 is 11.1 Å². The van der Waals surface area contributed by atoms with Crippen LogP contribution in [0, 0.1) is 5.41 Å². The first kappa shape index (κ1) is 17.9. The van der Waals surface area contributed by atoms with Crippen LogP contribution in [0.3, 0.4) is 0 Å². The lowest BCUT2D eigenvalue weighted by molar-refractivity contribution is -0.125. The average molecular weight is 368 g/mol. The maximum Gasteiger partial charge on any atom is 0.255 e. The van der Waals surface area contributed by atoms with Crippen LogP contribution in [0.15, 0.2) is 54.0 Å². The Hall–Kier alpha value is -2.93. The fraction of sp³-hybridized carbons (Fsp3) is 0.211. The molecule has 0 unspecified atom stereocenters. The molecule has 1 aromatic carbocycles. The lowest BCUT2D eigenvalue weighted by Crippen LogP contribution is -2.42. The first-order chi connectivity index (χ1) is 12.4. The molecule has 0 fully saturated rings. The van der Waals surface area contributed by atoms with E-state index in [9.17, 15) is 9.59 Å². The SMILES string of the molecule is CC(C)(CNC(=O)c1cn(-c2ccccc2)nc1-c1cccs1)C(N)=O. The van der Waals surface area contributed by atoms with Gasteiger partial charge in [-0.15, -0.1) is 11.3 Å². The molecule has 3 aromatic rings. The number of primary amides is 1. The predicted octanol–water partition coefficient (Wildman–Crippen LogP) is 2.84. The minimum Gasteiger partial charge on any atom is -0.369 e. The van der Waals surface area contributed by atoms with Gasteiger partial charge in [0.1, 0.15) is 5.69 Å². The van der Waals surface area contributed by atoms with Gasteiger partial charge in [-0.05, 0) is 37.4 Å². The van der Waals surface area contributed by atoms with Crippen molar-refractivity contribution in [1.29, 1.82) is 0 Å². The van der Waals surface area contributed by atoms with Crippen molar-refractivity contribution in [2.75, 3.05) is 6.54 Å². The molecule has 2 heterocycles. The van der Waals surface area contributed by atoms with E-state index in [2.05, 4.69) is 10.4 Å². The maximum atomic E-state index is 12.8. The molecular formula is C19H20N4O2S.